The fourth-order valence-electron chi connectivity index (χ4n) is 2.63. The third-order valence-electron chi connectivity index (χ3n) is 3.73. The first-order valence-electron chi connectivity index (χ1n) is 6.80. The molecule has 1 unspecified atom stereocenters. The molecule has 0 spiro atoms. The van der Waals surface area contributed by atoms with Gasteiger partial charge in [0, 0.05) is 18.6 Å². The number of ether oxygens (including phenoxy) is 2. The van der Waals surface area contributed by atoms with E-state index in [4.69, 9.17) is 9.47 Å². The normalized spacial score (nSPS) is 22.7. The summed E-state index contributed by atoms with van der Waals surface area (Å²) >= 11 is 0. The van der Waals surface area contributed by atoms with Crippen LogP contribution in [0, 0.1) is 11.2 Å². The molecule has 1 heterocycles. The van der Waals surface area contributed by atoms with Crippen LogP contribution in [0.15, 0.2) is 18.2 Å². The molecule has 0 radical (unpaired) electrons. The van der Waals surface area contributed by atoms with Crippen LogP contribution in [-0.2, 0) is 11.2 Å². The van der Waals surface area contributed by atoms with Crippen LogP contribution in [0.1, 0.15) is 18.9 Å². The summed E-state index contributed by atoms with van der Waals surface area (Å²) in [5.41, 5.74) is 1.10. The Hall–Kier alpha value is -1.13. The van der Waals surface area contributed by atoms with Crippen molar-refractivity contribution < 1.29 is 13.9 Å². The van der Waals surface area contributed by atoms with Crippen molar-refractivity contribution in [3.63, 3.8) is 0 Å². The molecule has 0 saturated carbocycles. The average Bonchev–Trinajstić information content (AvgIpc) is 2.86. The van der Waals surface area contributed by atoms with Crippen LogP contribution in [0.5, 0.6) is 5.75 Å². The highest BCUT2D eigenvalue weighted by Crippen LogP contribution is 2.33. The van der Waals surface area contributed by atoms with Crippen LogP contribution in [0.3, 0.4) is 0 Å². The van der Waals surface area contributed by atoms with Crippen molar-refractivity contribution in [2.75, 3.05) is 33.4 Å². The molecule has 3 nitrogen and oxygen atoms in total. The zero-order valence-electron chi connectivity index (χ0n) is 11.7. The van der Waals surface area contributed by atoms with E-state index in [0.717, 1.165) is 44.7 Å². The minimum absolute atomic E-state index is 0.0943. The molecule has 1 aromatic carbocycles. The maximum atomic E-state index is 13.7. The fourth-order valence-corrected chi connectivity index (χ4v) is 2.63. The lowest BCUT2D eigenvalue weighted by atomic mass is 9.81. The smallest absolute Gasteiger partial charge is 0.165 e. The Morgan fingerprint density at radius 1 is 1.47 bits per heavy atom. The van der Waals surface area contributed by atoms with Gasteiger partial charge in [-0.3, -0.25) is 0 Å². The van der Waals surface area contributed by atoms with E-state index in [9.17, 15) is 4.39 Å². The van der Waals surface area contributed by atoms with Gasteiger partial charge in [-0.2, -0.15) is 0 Å². The molecule has 0 amide bonds. The summed E-state index contributed by atoms with van der Waals surface area (Å²) in [4.78, 5) is 0. The van der Waals surface area contributed by atoms with E-state index in [1.807, 2.05) is 6.07 Å². The Morgan fingerprint density at radius 3 is 2.89 bits per heavy atom. The SMILES string of the molecule is CCNCC1(Cc2ccc(OC)c(F)c2)CCOC1. The van der Waals surface area contributed by atoms with Gasteiger partial charge in [-0.15, -0.1) is 0 Å². The molecule has 1 aliphatic rings. The first-order chi connectivity index (χ1) is 9.19. The van der Waals surface area contributed by atoms with Gasteiger partial charge in [-0.05, 0) is 37.1 Å². The Labute approximate surface area is 114 Å². The lowest BCUT2D eigenvalue weighted by Crippen LogP contribution is -2.36. The second-order valence-electron chi connectivity index (χ2n) is 5.23. The molecule has 2 rings (SSSR count). The number of hydrogen-bond donors (Lipinski definition) is 1. The lowest BCUT2D eigenvalue weighted by molar-refractivity contribution is 0.149. The summed E-state index contributed by atoms with van der Waals surface area (Å²) in [5, 5.41) is 3.39. The molecular weight excluding hydrogens is 245 g/mol. The minimum Gasteiger partial charge on any atom is -0.494 e. The van der Waals surface area contributed by atoms with E-state index in [0.29, 0.717) is 5.75 Å². The molecule has 1 aliphatic heterocycles. The predicted octanol–water partition coefficient (Wildman–Crippen LogP) is 2.39. The van der Waals surface area contributed by atoms with Gasteiger partial charge in [0.15, 0.2) is 11.6 Å². The average molecular weight is 267 g/mol. The number of rotatable bonds is 6. The highest BCUT2D eigenvalue weighted by Gasteiger charge is 2.34. The van der Waals surface area contributed by atoms with Crippen LogP contribution < -0.4 is 10.1 Å². The fraction of sp³-hybridized carbons (Fsp3) is 0.600. The third-order valence-corrected chi connectivity index (χ3v) is 3.73. The van der Waals surface area contributed by atoms with Crippen molar-refractivity contribution in [1.29, 1.82) is 0 Å². The second kappa shape index (κ2) is 6.35. The first kappa shape index (κ1) is 14.3. The summed E-state index contributed by atoms with van der Waals surface area (Å²) in [7, 11) is 1.48. The van der Waals surface area contributed by atoms with Crippen LogP contribution in [-0.4, -0.2) is 33.4 Å². The maximum absolute atomic E-state index is 13.7. The predicted molar refractivity (Wildman–Crippen MR) is 73.1 cm³/mol. The lowest BCUT2D eigenvalue weighted by Gasteiger charge is -2.28. The third kappa shape index (κ3) is 3.45. The Bertz CT molecular complexity index is 417. The molecular formula is C15H22FNO2. The molecule has 19 heavy (non-hydrogen) atoms. The van der Waals surface area contributed by atoms with Crippen LogP contribution in [0.4, 0.5) is 4.39 Å². The van der Waals surface area contributed by atoms with Gasteiger partial charge in [0.05, 0.1) is 13.7 Å². The molecule has 1 atom stereocenters. The Balaban J connectivity index is 2.10. The largest absolute Gasteiger partial charge is 0.494 e. The number of nitrogens with one attached hydrogen (secondary N) is 1. The standard InChI is InChI=1S/C15H22FNO2/c1-3-17-10-15(6-7-19-11-15)9-12-4-5-14(18-2)13(16)8-12/h4-5,8,17H,3,6-7,9-11H2,1-2H3. The van der Waals surface area contributed by atoms with Crippen LogP contribution in [0.2, 0.25) is 0 Å². The van der Waals surface area contributed by atoms with E-state index in [1.54, 1.807) is 12.1 Å². The van der Waals surface area contributed by atoms with E-state index in [1.165, 1.54) is 7.11 Å². The van der Waals surface area contributed by atoms with Crippen LogP contribution in [0.25, 0.3) is 0 Å². The summed E-state index contributed by atoms with van der Waals surface area (Å²) in [5.74, 6) is 0.00433. The van der Waals surface area contributed by atoms with Crippen LogP contribution >= 0.6 is 0 Å². The highest BCUT2D eigenvalue weighted by molar-refractivity contribution is 5.30. The molecule has 0 aliphatic carbocycles. The maximum Gasteiger partial charge on any atom is 0.165 e. The summed E-state index contributed by atoms with van der Waals surface area (Å²) in [6.45, 7) is 5.49. The first-order valence-corrected chi connectivity index (χ1v) is 6.80. The van der Waals surface area contributed by atoms with Crippen molar-refractivity contribution in [1.82, 2.24) is 5.32 Å². The zero-order chi connectivity index (χ0) is 13.7. The molecule has 0 bridgehead atoms. The monoisotopic (exact) mass is 267 g/mol. The number of benzene rings is 1. The van der Waals surface area contributed by atoms with Gasteiger partial charge >= 0.3 is 0 Å². The van der Waals surface area contributed by atoms with Gasteiger partial charge in [0.2, 0.25) is 0 Å². The molecule has 106 valence electrons. The number of methoxy groups -OCH3 is 1. The zero-order valence-corrected chi connectivity index (χ0v) is 11.7. The number of halogens is 1. The van der Waals surface area contributed by atoms with Crippen molar-refractivity contribution in [3.8, 4) is 5.75 Å². The van der Waals surface area contributed by atoms with E-state index in [-0.39, 0.29) is 11.2 Å². The van der Waals surface area contributed by atoms with Gasteiger partial charge in [0.1, 0.15) is 0 Å². The van der Waals surface area contributed by atoms with Crippen molar-refractivity contribution in [2.45, 2.75) is 19.8 Å². The van der Waals surface area contributed by atoms with E-state index >= 15 is 0 Å². The molecule has 1 fully saturated rings. The Kier molecular flexibility index (Phi) is 4.77. The van der Waals surface area contributed by atoms with Gasteiger partial charge in [-0.1, -0.05) is 13.0 Å². The van der Waals surface area contributed by atoms with Gasteiger partial charge in [0.25, 0.3) is 0 Å². The second-order valence-corrected chi connectivity index (χ2v) is 5.23. The summed E-state index contributed by atoms with van der Waals surface area (Å²) < 4.78 is 24.2. The molecule has 1 saturated heterocycles. The molecule has 4 heteroatoms. The summed E-state index contributed by atoms with van der Waals surface area (Å²) in [6, 6.07) is 5.21. The van der Waals surface area contributed by atoms with E-state index < -0.39 is 0 Å². The highest BCUT2D eigenvalue weighted by atomic mass is 19.1. The summed E-state index contributed by atoms with van der Waals surface area (Å²) in [6.07, 6.45) is 1.86. The Morgan fingerprint density at radius 2 is 2.32 bits per heavy atom. The van der Waals surface area contributed by atoms with E-state index in [2.05, 4.69) is 12.2 Å². The minimum atomic E-state index is -0.294. The topological polar surface area (TPSA) is 30.5 Å². The van der Waals surface area contributed by atoms with Gasteiger partial charge in [-0.25, -0.2) is 4.39 Å². The van der Waals surface area contributed by atoms with Crippen molar-refractivity contribution in [2.24, 2.45) is 5.41 Å². The quantitative estimate of drug-likeness (QED) is 0.858. The molecule has 1 N–H and O–H groups in total. The van der Waals surface area contributed by atoms with Crippen molar-refractivity contribution in [3.05, 3.63) is 29.6 Å². The van der Waals surface area contributed by atoms with Gasteiger partial charge < -0.3 is 14.8 Å². The number of hydrogen-bond acceptors (Lipinski definition) is 3. The van der Waals surface area contributed by atoms with Crippen molar-refractivity contribution >= 4 is 0 Å². The molecule has 0 aromatic heterocycles. The molecule has 1 aromatic rings.